The highest BCUT2D eigenvalue weighted by Crippen LogP contribution is 2.34. The van der Waals surface area contributed by atoms with Gasteiger partial charge in [-0.2, -0.15) is 4.31 Å². The molecule has 7 nitrogen and oxygen atoms in total. The number of halogens is 1. The van der Waals surface area contributed by atoms with Gasteiger partial charge in [-0.05, 0) is 18.4 Å². The van der Waals surface area contributed by atoms with Crippen LogP contribution in [0.1, 0.15) is 13.3 Å². The van der Waals surface area contributed by atoms with Crippen molar-refractivity contribution < 1.29 is 18.4 Å². The molecule has 1 aromatic rings. The molecular weight excluding hydrogens is 320 g/mol. The Balaban J connectivity index is 2.49. The van der Waals surface area contributed by atoms with Crippen LogP contribution in [0.2, 0.25) is 5.02 Å². The number of hydrogen-bond donors (Lipinski definition) is 1. The topological polar surface area (TPSA) is 101 Å². The maximum Gasteiger partial charge on any atom is 0.270 e. The molecule has 0 aromatic heterocycles. The van der Waals surface area contributed by atoms with Gasteiger partial charge >= 0.3 is 0 Å². The second-order valence-electron chi connectivity index (χ2n) is 5.00. The number of aliphatic hydroxyl groups is 1. The second-order valence-corrected chi connectivity index (χ2v) is 7.27. The first-order chi connectivity index (χ1) is 9.78. The van der Waals surface area contributed by atoms with E-state index in [2.05, 4.69) is 0 Å². The average molecular weight is 335 g/mol. The summed E-state index contributed by atoms with van der Waals surface area (Å²) in [7, 11) is -3.98. The van der Waals surface area contributed by atoms with E-state index in [0.29, 0.717) is 6.42 Å². The number of benzene rings is 1. The molecule has 0 bridgehead atoms. The van der Waals surface area contributed by atoms with Crippen LogP contribution in [-0.2, 0) is 10.0 Å². The summed E-state index contributed by atoms with van der Waals surface area (Å²) >= 11 is 5.90. The van der Waals surface area contributed by atoms with Gasteiger partial charge in [0.05, 0.1) is 22.6 Å². The highest BCUT2D eigenvalue weighted by atomic mass is 35.5. The lowest BCUT2D eigenvalue weighted by Gasteiger charge is -2.24. The highest BCUT2D eigenvalue weighted by Gasteiger charge is 2.40. The molecule has 0 saturated carbocycles. The Bertz CT molecular complexity index is 664. The van der Waals surface area contributed by atoms with Crippen LogP contribution in [0.5, 0.6) is 0 Å². The van der Waals surface area contributed by atoms with Crippen molar-refractivity contribution in [3.8, 4) is 0 Å². The molecule has 1 fully saturated rings. The van der Waals surface area contributed by atoms with Crippen molar-refractivity contribution in [2.45, 2.75) is 24.3 Å². The van der Waals surface area contributed by atoms with E-state index < -0.39 is 21.0 Å². The molecule has 1 N–H and O–H groups in total. The predicted octanol–water partition coefficient (Wildman–Crippen LogP) is 1.64. The summed E-state index contributed by atoms with van der Waals surface area (Å²) in [4.78, 5) is 9.82. The molecule has 0 amide bonds. The van der Waals surface area contributed by atoms with E-state index in [9.17, 15) is 23.6 Å². The van der Waals surface area contributed by atoms with Gasteiger partial charge in [0.25, 0.3) is 5.69 Å². The van der Waals surface area contributed by atoms with Gasteiger partial charge in [0, 0.05) is 18.7 Å². The number of hydrogen-bond acceptors (Lipinski definition) is 5. The molecule has 0 radical (unpaired) electrons. The second kappa shape index (κ2) is 5.88. The zero-order valence-corrected chi connectivity index (χ0v) is 12.8. The largest absolute Gasteiger partial charge is 0.395 e. The number of rotatable bonds is 4. The van der Waals surface area contributed by atoms with E-state index >= 15 is 0 Å². The van der Waals surface area contributed by atoms with Crippen LogP contribution in [-0.4, -0.2) is 41.9 Å². The third-order valence-electron chi connectivity index (χ3n) is 3.73. The third-order valence-corrected chi connectivity index (χ3v) is 6.14. The van der Waals surface area contributed by atoms with Crippen LogP contribution < -0.4 is 0 Å². The number of nitro benzene ring substituents is 1. The van der Waals surface area contributed by atoms with Gasteiger partial charge in [-0.15, -0.1) is 0 Å². The monoisotopic (exact) mass is 334 g/mol. The minimum absolute atomic E-state index is 0.0160. The first-order valence-electron chi connectivity index (χ1n) is 6.35. The highest BCUT2D eigenvalue weighted by molar-refractivity contribution is 7.89. The van der Waals surface area contributed by atoms with Crippen molar-refractivity contribution in [2.75, 3.05) is 13.2 Å². The molecule has 0 aliphatic carbocycles. The van der Waals surface area contributed by atoms with Gasteiger partial charge in [-0.1, -0.05) is 18.5 Å². The molecule has 2 atom stereocenters. The molecule has 1 heterocycles. The zero-order chi connectivity index (χ0) is 15.8. The van der Waals surface area contributed by atoms with Crippen molar-refractivity contribution in [2.24, 2.45) is 5.92 Å². The normalized spacial score (nSPS) is 23.4. The van der Waals surface area contributed by atoms with Crippen LogP contribution >= 0.6 is 11.6 Å². The van der Waals surface area contributed by atoms with Crippen LogP contribution in [0.4, 0.5) is 5.69 Å². The number of non-ortho nitro benzene ring substituents is 1. The SMILES string of the molecule is CC1CCN(S(=O)(=O)c2cc([N+](=O)[O-])ccc2Cl)C1CO. The predicted molar refractivity (Wildman–Crippen MR) is 76.7 cm³/mol. The van der Waals surface area contributed by atoms with E-state index in [1.807, 2.05) is 6.92 Å². The number of sulfonamides is 1. The van der Waals surface area contributed by atoms with Crippen molar-refractivity contribution in [3.63, 3.8) is 0 Å². The van der Waals surface area contributed by atoms with Crippen molar-refractivity contribution in [1.29, 1.82) is 0 Å². The van der Waals surface area contributed by atoms with Gasteiger partial charge in [0.15, 0.2) is 0 Å². The van der Waals surface area contributed by atoms with E-state index in [4.69, 9.17) is 11.6 Å². The average Bonchev–Trinajstić information content (AvgIpc) is 2.80. The third kappa shape index (κ3) is 2.89. The Morgan fingerprint density at radius 2 is 2.19 bits per heavy atom. The standard InChI is InChI=1S/C12H15ClN2O5S/c1-8-4-5-14(11(8)7-16)21(19,20)12-6-9(15(17)18)2-3-10(12)13/h2-3,6,8,11,16H,4-5,7H2,1H3. The summed E-state index contributed by atoms with van der Waals surface area (Å²) in [5, 5.41) is 20.1. The molecule has 1 saturated heterocycles. The molecular formula is C12H15ClN2O5S. The smallest absolute Gasteiger partial charge is 0.270 e. The molecule has 1 aromatic carbocycles. The molecule has 2 unspecified atom stereocenters. The lowest BCUT2D eigenvalue weighted by atomic mass is 10.0. The minimum Gasteiger partial charge on any atom is -0.395 e. The van der Waals surface area contributed by atoms with Crippen LogP contribution in [0.15, 0.2) is 23.1 Å². The Hall–Kier alpha value is -1.22. The lowest BCUT2D eigenvalue weighted by Crippen LogP contribution is -2.39. The Kier molecular flexibility index (Phi) is 4.52. The molecule has 0 spiro atoms. The Morgan fingerprint density at radius 3 is 2.76 bits per heavy atom. The van der Waals surface area contributed by atoms with Crippen LogP contribution in [0, 0.1) is 16.0 Å². The summed E-state index contributed by atoms with van der Waals surface area (Å²) in [6, 6.07) is 2.76. The summed E-state index contributed by atoms with van der Waals surface area (Å²) in [5.74, 6) is 0.0160. The first-order valence-corrected chi connectivity index (χ1v) is 8.17. The fraction of sp³-hybridized carbons (Fsp3) is 0.500. The van der Waals surface area contributed by atoms with E-state index in [1.165, 1.54) is 10.4 Å². The Labute approximate surface area is 127 Å². The number of nitrogens with zero attached hydrogens (tertiary/aromatic N) is 2. The van der Waals surface area contributed by atoms with E-state index in [0.717, 1.165) is 12.1 Å². The van der Waals surface area contributed by atoms with Crippen LogP contribution in [0.25, 0.3) is 0 Å². The van der Waals surface area contributed by atoms with Gasteiger partial charge in [0.2, 0.25) is 10.0 Å². The molecule has 9 heteroatoms. The van der Waals surface area contributed by atoms with Crippen molar-refractivity contribution in [3.05, 3.63) is 33.3 Å². The number of nitro groups is 1. The van der Waals surface area contributed by atoms with Gasteiger partial charge in [0.1, 0.15) is 4.90 Å². The first kappa shape index (κ1) is 16.2. The van der Waals surface area contributed by atoms with Gasteiger partial charge in [-0.25, -0.2) is 8.42 Å². The van der Waals surface area contributed by atoms with E-state index in [1.54, 1.807) is 0 Å². The summed E-state index contributed by atoms with van der Waals surface area (Å²) in [5.41, 5.74) is -0.342. The lowest BCUT2D eigenvalue weighted by molar-refractivity contribution is -0.385. The van der Waals surface area contributed by atoms with Gasteiger partial charge < -0.3 is 5.11 Å². The van der Waals surface area contributed by atoms with Gasteiger partial charge in [-0.3, -0.25) is 10.1 Å². The molecule has 1 aliphatic rings. The maximum atomic E-state index is 12.7. The summed E-state index contributed by atoms with van der Waals surface area (Å²) < 4.78 is 26.5. The zero-order valence-electron chi connectivity index (χ0n) is 11.3. The fourth-order valence-electron chi connectivity index (χ4n) is 2.47. The van der Waals surface area contributed by atoms with Crippen molar-refractivity contribution in [1.82, 2.24) is 4.31 Å². The fourth-order valence-corrected chi connectivity index (χ4v) is 4.70. The summed E-state index contributed by atoms with van der Waals surface area (Å²) in [6.45, 7) is 1.81. The number of aliphatic hydroxyl groups excluding tert-OH is 1. The minimum atomic E-state index is -3.98. The maximum absolute atomic E-state index is 12.7. The summed E-state index contributed by atoms with van der Waals surface area (Å²) in [6.07, 6.45) is 0.622. The quantitative estimate of drug-likeness (QED) is 0.666. The molecule has 116 valence electrons. The van der Waals surface area contributed by atoms with Crippen molar-refractivity contribution >= 4 is 27.3 Å². The van der Waals surface area contributed by atoms with E-state index in [-0.39, 0.29) is 34.7 Å². The molecule has 21 heavy (non-hydrogen) atoms. The Morgan fingerprint density at radius 1 is 1.52 bits per heavy atom. The molecule has 1 aliphatic heterocycles. The molecule has 2 rings (SSSR count). The van der Waals surface area contributed by atoms with Crippen LogP contribution in [0.3, 0.4) is 0 Å².